The molecule has 0 N–H and O–H groups in total. The van der Waals surface area contributed by atoms with Gasteiger partial charge in [-0.2, -0.15) is 0 Å². The number of hydrogen-bond donors (Lipinski definition) is 0. The van der Waals surface area contributed by atoms with E-state index in [1.807, 2.05) is 0 Å². The first-order valence-electron chi connectivity index (χ1n) is 10.7. The van der Waals surface area contributed by atoms with Gasteiger partial charge in [-0.3, -0.25) is 0 Å². The molecule has 2 heteroatoms. The first-order chi connectivity index (χ1) is 13.5. The lowest BCUT2D eigenvalue weighted by molar-refractivity contribution is 0.162. The van der Waals surface area contributed by atoms with E-state index < -0.39 is 8.32 Å². The van der Waals surface area contributed by atoms with Gasteiger partial charge in [0.05, 0.1) is 0 Å². The van der Waals surface area contributed by atoms with Gasteiger partial charge in [-0.25, -0.2) is 0 Å². The van der Waals surface area contributed by atoms with E-state index in [0.717, 1.165) is 25.7 Å². The third kappa shape index (κ3) is 5.37. The quantitative estimate of drug-likeness (QED) is 0.277. The lowest BCUT2D eigenvalue weighted by atomic mass is 10.1. The van der Waals surface area contributed by atoms with Gasteiger partial charge in [0.15, 0.2) is 0 Å². The first-order valence-corrected chi connectivity index (χ1v) is 12.6. The Hall–Kier alpha value is -1.82. The Morgan fingerprint density at radius 3 is 1.82 bits per heavy atom. The summed E-state index contributed by atoms with van der Waals surface area (Å²) >= 11 is 0. The van der Waals surface area contributed by atoms with Crippen molar-refractivity contribution in [1.82, 2.24) is 0 Å². The summed E-state index contributed by atoms with van der Waals surface area (Å²) in [5.74, 6) is 2.79. The van der Waals surface area contributed by atoms with Crippen LogP contribution in [0, 0.1) is 12.3 Å². The first kappa shape index (κ1) is 22.5. The van der Waals surface area contributed by atoms with Crippen LogP contribution in [0.5, 0.6) is 0 Å². The molecule has 0 saturated heterocycles. The fourth-order valence-corrected chi connectivity index (χ4v) is 8.82. The van der Waals surface area contributed by atoms with E-state index in [2.05, 4.69) is 94.3 Å². The number of terminal acetylenes is 1. The second kappa shape index (κ2) is 10.6. The van der Waals surface area contributed by atoms with E-state index >= 15 is 0 Å². The van der Waals surface area contributed by atoms with Gasteiger partial charge in [-0.1, -0.05) is 101 Å². The third-order valence-corrected chi connectivity index (χ3v) is 10.6. The summed E-state index contributed by atoms with van der Waals surface area (Å²) in [6.45, 7) is 9.29. The van der Waals surface area contributed by atoms with Crippen LogP contribution >= 0.6 is 0 Å². The van der Waals surface area contributed by atoms with Crippen LogP contribution in [0.2, 0.25) is 5.04 Å². The molecule has 0 aliphatic rings. The minimum Gasteiger partial charge on any atom is -0.404 e. The summed E-state index contributed by atoms with van der Waals surface area (Å²) < 4.78 is 7.29. The maximum Gasteiger partial charge on any atom is 0.261 e. The summed E-state index contributed by atoms with van der Waals surface area (Å²) in [6.07, 6.45) is 12.1. The fourth-order valence-electron chi connectivity index (χ4n) is 4.07. The summed E-state index contributed by atoms with van der Waals surface area (Å²) in [6, 6.07) is 21.8. The Morgan fingerprint density at radius 1 is 0.893 bits per heavy atom. The normalized spacial score (nSPS) is 13.1. The Morgan fingerprint density at radius 2 is 1.39 bits per heavy atom. The van der Waals surface area contributed by atoms with Crippen LogP contribution in [-0.2, 0) is 4.43 Å². The highest BCUT2D eigenvalue weighted by Gasteiger charge is 2.51. The molecule has 0 aliphatic heterocycles. The molecule has 0 spiro atoms. The zero-order valence-electron chi connectivity index (χ0n) is 18.1. The predicted octanol–water partition coefficient (Wildman–Crippen LogP) is 5.93. The Bertz CT molecular complexity index is 685. The molecule has 28 heavy (non-hydrogen) atoms. The van der Waals surface area contributed by atoms with Crippen LogP contribution in [-0.4, -0.2) is 14.4 Å². The lowest BCUT2D eigenvalue weighted by Gasteiger charge is -2.45. The van der Waals surface area contributed by atoms with Crippen LogP contribution in [0.4, 0.5) is 0 Å². The van der Waals surface area contributed by atoms with Gasteiger partial charge in [0.25, 0.3) is 8.32 Å². The van der Waals surface area contributed by atoms with E-state index in [0.29, 0.717) is 0 Å². The lowest BCUT2D eigenvalue weighted by Crippen LogP contribution is -2.67. The van der Waals surface area contributed by atoms with Gasteiger partial charge in [-0.05, 0) is 34.7 Å². The molecule has 1 nitrogen and oxygen atoms in total. The summed E-state index contributed by atoms with van der Waals surface area (Å²) in [5, 5.41) is 2.73. The molecule has 0 saturated carbocycles. The monoisotopic (exact) mass is 392 g/mol. The highest BCUT2D eigenvalue weighted by atomic mass is 28.4. The second-order valence-corrected chi connectivity index (χ2v) is 12.9. The van der Waals surface area contributed by atoms with Gasteiger partial charge >= 0.3 is 0 Å². The van der Waals surface area contributed by atoms with Crippen LogP contribution in [0.25, 0.3) is 0 Å². The molecule has 2 aromatic rings. The maximum atomic E-state index is 7.29. The molecule has 0 aliphatic carbocycles. The van der Waals surface area contributed by atoms with Crippen molar-refractivity contribution in [2.75, 3.05) is 0 Å². The smallest absolute Gasteiger partial charge is 0.261 e. The molecule has 0 bridgehead atoms. The van der Waals surface area contributed by atoms with E-state index in [1.165, 1.54) is 23.2 Å². The number of unbranched alkanes of at least 4 members (excludes halogenated alkanes) is 2. The standard InChI is InChI=1S/C26H36OSi/c1-6-8-12-18-23(17-9-7-2)27-28(26(3,4)5,24-19-13-10-14-20-24)25-21-15-11-16-22-25/h1,10-11,13-16,19-23H,7-9,12,17-18H2,2-5H3/t23-/m1/s1. The van der Waals surface area contributed by atoms with Gasteiger partial charge in [0.2, 0.25) is 0 Å². The topological polar surface area (TPSA) is 9.23 Å². The largest absolute Gasteiger partial charge is 0.404 e. The number of hydrogen-bond acceptors (Lipinski definition) is 1. The molecule has 0 heterocycles. The fraction of sp³-hybridized carbons (Fsp3) is 0.462. The summed E-state index contributed by atoms with van der Waals surface area (Å²) in [7, 11) is -2.47. The van der Waals surface area contributed by atoms with Crippen molar-refractivity contribution in [2.24, 2.45) is 0 Å². The number of benzene rings is 2. The van der Waals surface area contributed by atoms with Crippen molar-refractivity contribution < 1.29 is 4.43 Å². The maximum absolute atomic E-state index is 7.29. The minimum absolute atomic E-state index is 0.0201. The average Bonchev–Trinajstić information content (AvgIpc) is 2.70. The molecular weight excluding hydrogens is 356 g/mol. The van der Waals surface area contributed by atoms with Crippen molar-refractivity contribution in [3.63, 3.8) is 0 Å². The van der Waals surface area contributed by atoms with E-state index in [1.54, 1.807) is 0 Å². The molecule has 2 rings (SSSR count). The molecule has 0 amide bonds. The van der Waals surface area contributed by atoms with Crippen molar-refractivity contribution >= 4 is 18.7 Å². The average molecular weight is 393 g/mol. The molecule has 1 atom stereocenters. The minimum atomic E-state index is -2.47. The molecule has 0 radical (unpaired) electrons. The van der Waals surface area contributed by atoms with Gasteiger partial charge in [-0.15, -0.1) is 12.3 Å². The molecule has 0 unspecified atom stereocenters. The highest BCUT2D eigenvalue weighted by molar-refractivity contribution is 6.99. The number of rotatable bonds is 10. The Kier molecular flexibility index (Phi) is 8.54. The summed E-state index contributed by atoms with van der Waals surface area (Å²) in [4.78, 5) is 0. The van der Waals surface area contributed by atoms with Gasteiger partial charge in [0.1, 0.15) is 0 Å². The zero-order valence-corrected chi connectivity index (χ0v) is 19.1. The van der Waals surface area contributed by atoms with Crippen LogP contribution in [0.1, 0.15) is 66.2 Å². The van der Waals surface area contributed by atoms with E-state index in [-0.39, 0.29) is 11.1 Å². The highest BCUT2D eigenvalue weighted by Crippen LogP contribution is 2.38. The predicted molar refractivity (Wildman–Crippen MR) is 125 cm³/mol. The van der Waals surface area contributed by atoms with Gasteiger partial charge < -0.3 is 4.43 Å². The molecule has 0 aromatic heterocycles. The van der Waals surface area contributed by atoms with Crippen molar-refractivity contribution in [2.45, 2.75) is 77.4 Å². The Balaban J connectivity index is 2.54. The molecule has 0 fully saturated rings. The zero-order chi connectivity index (χ0) is 20.5. The molecule has 150 valence electrons. The van der Waals surface area contributed by atoms with Crippen LogP contribution in [0.3, 0.4) is 0 Å². The van der Waals surface area contributed by atoms with Crippen molar-refractivity contribution in [1.29, 1.82) is 0 Å². The van der Waals surface area contributed by atoms with Crippen molar-refractivity contribution in [3.8, 4) is 12.3 Å². The SMILES string of the molecule is C#CCCC[C@@H](CCCC)O[Si](c1ccccc1)(c1ccccc1)C(C)(C)C. The van der Waals surface area contributed by atoms with Crippen molar-refractivity contribution in [3.05, 3.63) is 60.7 Å². The molecule has 2 aromatic carbocycles. The van der Waals surface area contributed by atoms with Crippen LogP contribution in [0.15, 0.2) is 60.7 Å². The van der Waals surface area contributed by atoms with Gasteiger partial charge in [0, 0.05) is 12.5 Å². The third-order valence-electron chi connectivity index (χ3n) is 5.49. The van der Waals surface area contributed by atoms with E-state index in [9.17, 15) is 0 Å². The Labute approximate surface area is 173 Å². The van der Waals surface area contributed by atoms with Crippen LogP contribution < -0.4 is 10.4 Å². The van der Waals surface area contributed by atoms with E-state index in [4.69, 9.17) is 10.8 Å². The summed E-state index contributed by atoms with van der Waals surface area (Å²) in [5.41, 5.74) is 0. The molecular formula is C26H36OSi. The second-order valence-electron chi connectivity index (χ2n) is 8.64.